The Morgan fingerprint density at radius 1 is 0.962 bits per heavy atom. The topological polar surface area (TPSA) is 38.3 Å². The summed E-state index contributed by atoms with van der Waals surface area (Å²) in [5.41, 5.74) is 2.22. The number of rotatable bonds is 10. The maximum atomic E-state index is 12.3. The van der Waals surface area contributed by atoms with Crippen LogP contribution in [-0.2, 0) is 4.79 Å². The van der Waals surface area contributed by atoms with Crippen LogP contribution >= 0.6 is 0 Å². The van der Waals surface area contributed by atoms with Gasteiger partial charge in [-0.1, -0.05) is 69.2 Å². The molecule has 0 radical (unpaired) electrons. The van der Waals surface area contributed by atoms with Crippen LogP contribution in [0, 0.1) is 0 Å². The second kappa shape index (κ2) is 10.8. The molecule has 0 aliphatic heterocycles. The summed E-state index contributed by atoms with van der Waals surface area (Å²) in [7, 11) is 0. The number of benzene rings is 2. The lowest BCUT2D eigenvalue weighted by molar-refractivity contribution is -0.135. The number of nitrogens with one attached hydrogen (secondary N) is 1. The zero-order chi connectivity index (χ0) is 18.8. The molecule has 0 saturated carbocycles. The molecule has 0 aromatic heterocycles. The van der Waals surface area contributed by atoms with Crippen LogP contribution in [0.25, 0.3) is 0 Å². The zero-order valence-electron chi connectivity index (χ0n) is 16.2. The van der Waals surface area contributed by atoms with Gasteiger partial charge in [-0.25, -0.2) is 0 Å². The molecule has 0 heterocycles. The quantitative estimate of drug-likeness (QED) is 0.359. The predicted molar refractivity (Wildman–Crippen MR) is 108 cm³/mol. The maximum absolute atomic E-state index is 12.3. The average molecular weight is 354 g/mol. The lowest BCUT2D eigenvalue weighted by atomic mass is 10.0. The molecule has 0 fully saturated rings. The van der Waals surface area contributed by atoms with E-state index in [0.29, 0.717) is 11.7 Å². The van der Waals surface area contributed by atoms with Crippen molar-refractivity contribution in [2.24, 2.45) is 0 Å². The Hall–Kier alpha value is -2.13. The summed E-state index contributed by atoms with van der Waals surface area (Å²) in [6.07, 6.45) is 3.76. The van der Waals surface area contributed by atoms with Crippen molar-refractivity contribution in [3.05, 3.63) is 65.7 Å². The van der Waals surface area contributed by atoms with E-state index in [-0.39, 0.29) is 11.9 Å². The normalized spacial score (nSPS) is 13.2. The van der Waals surface area contributed by atoms with Gasteiger partial charge in [0.05, 0.1) is 5.92 Å². The third-order valence-corrected chi connectivity index (χ3v) is 4.73. The molecule has 3 heteroatoms. The summed E-state index contributed by atoms with van der Waals surface area (Å²) in [6, 6.07) is 17.6. The highest BCUT2D eigenvalue weighted by atomic mass is 16.5. The summed E-state index contributed by atoms with van der Waals surface area (Å²) >= 11 is 0. The molecule has 140 valence electrons. The largest absolute Gasteiger partial charge is 0.426 e. The molecule has 0 spiro atoms. The van der Waals surface area contributed by atoms with Crippen molar-refractivity contribution < 1.29 is 9.53 Å². The smallest absolute Gasteiger partial charge is 0.318 e. The number of ether oxygens (including phenoxy) is 1. The fourth-order valence-electron chi connectivity index (χ4n) is 2.88. The van der Waals surface area contributed by atoms with E-state index in [0.717, 1.165) is 18.7 Å². The first-order valence-electron chi connectivity index (χ1n) is 9.69. The van der Waals surface area contributed by atoms with Crippen LogP contribution in [-0.4, -0.2) is 19.1 Å². The lowest BCUT2D eigenvalue weighted by Gasteiger charge is -2.15. The SMILES string of the molecule is CCCCCNCC(C)c1ccc(OC(=O)C(C)c2ccccc2)cc1. The van der Waals surface area contributed by atoms with E-state index in [9.17, 15) is 4.79 Å². The molecule has 0 amide bonds. The zero-order valence-corrected chi connectivity index (χ0v) is 16.2. The third kappa shape index (κ3) is 6.30. The van der Waals surface area contributed by atoms with E-state index in [1.165, 1.54) is 24.8 Å². The van der Waals surface area contributed by atoms with E-state index < -0.39 is 0 Å². The van der Waals surface area contributed by atoms with Crippen LogP contribution in [0.4, 0.5) is 0 Å². The molecular weight excluding hydrogens is 322 g/mol. The van der Waals surface area contributed by atoms with Crippen molar-refractivity contribution in [3.8, 4) is 5.75 Å². The number of esters is 1. The fraction of sp³-hybridized carbons (Fsp3) is 0.435. The van der Waals surface area contributed by atoms with Crippen molar-refractivity contribution in [2.75, 3.05) is 13.1 Å². The van der Waals surface area contributed by atoms with Gasteiger partial charge < -0.3 is 10.1 Å². The van der Waals surface area contributed by atoms with Gasteiger partial charge in [0.2, 0.25) is 0 Å². The number of hydrogen-bond acceptors (Lipinski definition) is 3. The van der Waals surface area contributed by atoms with Gasteiger partial charge in [0, 0.05) is 6.54 Å². The van der Waals surface area contributed by atoms with Gasteiger partial charge in [0.25, 0.3) is 0 Å². The highest BCUT2D eigenvalue weighted by Crippen LogP contribution is 2.22. The van der Waals surface area contributed by atoms with Crippen molar-refractivity contribution >= 4 is 5.97 Å². The van der Waals surface area contributed by atoms with Crippen molar-refractivity contribution in [3.63, 3.8) is 0 Å². The summed E-state index contributed by atoms with van der Waals surface area (Å²) < 4.78 is 5.54. The summed E-state index contributed by atoms with van der Waals surface area (Å²) in [6.45, 7) is 8.35. The molecule has 2 aromatic rings. The molecule has 2 unspecified atom stereocenters. The van der Waals surface area contributed by atoms with Crippen LogP contribution in [0.3, 0.4) is 0 Å². The van der Waals surface area contributed by atoms with E-state index in [1.807, 2.05) is 61.5 Å². The molecule has 2 atom stereocenters. The van der Waals surface area contributed by atoms with Gasteiger partial charge in [0.15, 0.2) is 0 Å². The Bertz CT molecular complexity index is 652. The molecule has 3 nitrogen and oxygen atoms in total. The minimum atomic E-state index is -0.276. The van der Waals surface area contributed by atoms with Crippen LogP contribution in [0.15, 0.2) is 54.6 Å². The summed E-state index contributed by atoms with van der Waals surface area (Å²) in [5.74, 6) is 0.533. The second-order valence-electron chi connectivity index (χ2n) is 6.93. The van der Waals surface area contributed by atoms with Crippen molar-refractivity contribution in [1.82, 2.24) is 5.32 Å². The Kier molecular flexibility index (Phi) is 8.36. The van der Waals surface area contributed by atoms with Crippen LogP contribution in [0.1, 0.15) is 63.0 Å². The molecule has 0 bridgehead atoms. The second-order valence-corrected chi connectivity index (χ2v) is 6.93. The maximum Gasteiger partial charge on any atom is 0.318 e. The van der Waals surface area contributed by atoms with Gasteiger partial charge in [0.1, 0.15) is 5.75 Å². The number of carbonyl (C=O) groups is 1. The highest BCUT2D eigenvalue weighted by Gasteiger charge is 2.17. The van der Waals surface area contributed by atoms with Gasteiger partial charge in [-0.05, 0) is 49.1 Å². The molecule has 2 aromatic carbocycles. The molecule has 2 rings (SSSR count). The first kappa shape index (κ1) is 20.2. The fourth-order valence-corrected chi connectivity index (χ4v) is 2.88. The summed E-state index contributed by atoms with van der Waals surface area (Å²) in [4.78, 5) is 12.3. The average Bonchev–Trinajstić information content (AvgIpc) is 2.68. The molecule has 0 aliphatic carbocycles. The van der Waals surface area contributed by atoms with Crippen molar-refractivity contribution in [1.29, 1.82) is 0 Å². The molecule has 1 N–H and O–H groups in total. The van der Waals surface area contributed by atoms with E-state index in [1.54, 1.807) is 0 Å². The van der Waals surface area contributed by atoms with Gasteiger partial charge in [-0.3, -0.25) is 4.79 Å². The standard InChI is InChI=1S/C23H31NO2/c1-4-5-9-16-24-17-18(2)20-12-14-22(15-13-20)26-23(25)19(3)21-10-7-6-8-11-21/h6-8,10-15,18-19,24H,4-5,9,16-17H2,1-3H3. The van der Waals surface area contributed by atoms with E-state index in [4.69, 9.17) is 4.74 Å². The van der Waals surface area contributed by atoms with Crippen LogP contribution in [0.5, 0.6) is 5.75 Å². The van der Waals surface area contributed by atoms with Gasteiger partial charge in [-0.15, -0.1) is 0 Å². The number of unbranched alkanes of at least 4 members (excludes halogenated alkanes) is 2. The van der Waals surface area contributed by atoms with Gasteiger partial charge in [-0.2, -0.15) is 0 Å². The van der Waals surface area contributed by atoms with Crippen LogP contribution < -0.4 is 10.1 Å². The Balaban J connectivity index is 1.83. The Labute approximate surface area is 157 Å². The predicted octanol–water partition coefficient (Wildman–Crippen LogP) is 5.28. The van der Waals surface area contributed by atoms with Crippen LogP contribution in [0.2, 0.25) is 0 Å². The molecule has 0 saturated heterocycles. The Morgan fingerprint density at radius 2 is 1.65 bits per heavy atom. The van der Waals surface area contributed by atoms with Gasteiger partial charge >= 0.3 is 5.97 Å². The van der Waals surface area contributed by atoms with E-state index >= 15 is 0 Å². The highest BCUT2D eigenvalue weighted by molar-refractivity contribution is 5.79. The van der Waals surface area contributed by atoms with E-state index in [2.05, 4.69) is 19.2 Å². The summed E-state index contributed by atoms with van der Waals surface area (Å²) in [5, 5.41) is 3.51. The Morgan fingerprint density at radius 3 is 2.31 bits per heavy atom. The first-order chi connectivity index (χ1) is 12.6. The first-order valence-corrected chi connectivity index (χ1v) is 9.69. The van der Waals surface area contributed by atoms with Crippen molar-refractivity contribution in [2.45, 2.75) is 51.9 Å². The monoisotopic (exact) mass is 353 g/mol. The molecular formula is C23H31NO2. The number of carbonyl (C=O) groups excluding carboxylic acids is 1. The molecule has 0 aliphatic rings. The lowest BCUT2D eigenvalue weighted by Crippen LogP contribution is -2.21. The number of hydrogen-bond donors (Lipinski definition) is 1. The third-order valence-electron chi connectivity index (χ3n) is 4.73. The molecule has 26 heavy (non-hydrogen) atoms. The minimum absolute atomic E-state index is 0.227. The minimum Gasteiger partial charge on any atom is -0.426 e.